The van der Waals surface area contributed by atoms with E-state index in [0.717, 1.165) is 0 Å². The second kappa shape index (κ2) is 6.44. The highest BCUT2D eigenvalue weighted by Crippen LogP contribution is 2.24. The molecule has 26 heavy (non-hydrogen) atoms. The summed E-state index contributed by atoms with van der Waals surface area (Å²) in [6.45, 7) is 1.80. The minimum Gasteiger partial charge on any atom is -0.402 e. The van der Waals surface area contributed by atoms with Crippen LogP contribution >= 0.6 is 22.9 Å². The Morgan fingerprint density at radius 1 is 1.27 bits per heavy atom. The maximum atomic E-state index is 12.4. The van der Waals surface area contributed by atoms with Gasteiger partial charge in [0.2, 0.25) is 5.71 Å². The van der Waals surface area contributed by atoms with Crippen LogP contribution in [0.5, 0.6) is 0 Å². The minimum absolute atomic E-state index is 0.0737. The molecular weight excluding hydrogens is 374 g/mol. The molecular formula is C18H12ClN3O3S. The molecule has 0 saturated carbocycles. The van der Waals surface area contributed by atoms with Crippen LogP contribution in [0.4, 0.5) is 5.69 Å². The van der Waals surface area contributed by atoms with Crippen molar-refractivity contribution in [3.05, 3.63) is 73.9 Å². The molecule has 3 aromatic heterocycles. The third-order valence-corrected chi connectivity index (χ3v) is 4.91. The van der Waals surface area contributed by atoms with Crippen molar-refractivity contribution in [2.45, 2.75) is 6.92 Å². The standard InChI is InChI=1S/C18H12ClN3O3S/c1-10-13-9-14(20-16(23)15-6-3-7-26-15)18(24)25-17(13)22(21-10)12-5-2-4-11(19)8-12/h2-9H,1H3,(H,20,23). The lowest BCUT2D eigenvalue weighted by molar-refractivity contribution is 0.103. The number of rotatable bonds is 3. The van der Waals surface area contributed by atoms with Crippen LogP contribution in [-0.2, 0) is 0 Å². The van der Waals surface area contributed by atoms with Crippen molar-refractivity contribution in [1.82, 2.24) is 9.78 Å². The molecule has 0 saturated heterocycles. The van der Waals surface area contributed by atoms with Gasteiger partial charge in [-0.1, -0.05) is 23.7 Å². The molecule has 0 aliphatic rings. The number of anilines is 1. The van der Waals surface area contributed by atoms with Gasteiger partial charge in [-0.05, 0) is 42.6 Å². The maximum Gasteiger partial charge on any atom is 0.361 e. The van der Waals surface area contributed by atoms with Crippen molar-refractivity contribution in [2.24, 2.45) is 0 Å². The molecule has 1 amide bonds. The third kappa shape index (κ3) is 2.91. The highest BCUT2D eigenvalue weighted by atomic mass is 35.5. The van der Waals surface area contributed by atoms with Crippen LogP contribution in [0.1, 0.15) is 15.4 Å². The van der Waals surface area contributed by atoms with Gasteiger partial charge in [0.05, 0.1) is 21.6 Å². The maximum absolute atomic E-state index is 12.4. The van der Waals surface area contributed by atoms with E-state index in [2.05, 4.69) is 10.4 Å². The van der Waals surface area contributed by atoms with E-state index in [-0.39, 0.29) is 11.6 Å². The summed E-state index contributed by atoms with van der Waals surface area (Å²) in [5, 5.41) is 9.99. The first-order valence-electron chi connectivity index (χ1n) is 7.67. The zero-order valence-corrected chi connectivity index (χ0v) is 15.1. The molecule has 0 aliphatic heterocycles. The Morgan fingerprint density at radius 2 is 2.12 bits per heavy atom. The number of nitrogens with one attached hydrogen (secondary N) is 1. The monoisotopic (exact) mass is 385 g/mol. The number of carbonyl (C=O) groups excluding carboxylic acids is 1. The van der Waals surface area contributed by atoms with Gasteiger partial charge in [0.15, 0.2) is 0 Å². The van der Waals surface area contributed by atoms with Crippen molar-refractivity contribution in [1.29, 1.82) is 0 Å². The Morgan fingerprint density at radius 3 is 2.85 bits per heavy atom. The largest absolute Gasteiger partial charge is 0.402 e. The topological polar surface area (TPSA) is 77.1 Å². The highest BCUT2D eigenvalue weighted by Gasteiger charge is 2.17. The summed E-state index contributed by atoms with van der Waals surface area (Å²) in [7, 11) is 0. The van der Waals surface area contributed by atoms with Crippen LogP contribution in [0.2, 0.25) is 5.02 Å². The Labute approximate surface area is 156 Å². The van der Waals surface area contributed by atoms with Gasteiger partial charge in [-0.2, -0.15) is 9.78 Å². The minimum atomic E-state index is -0.648. The number of amides is 1. The van der Waals surface area contributed by atoms with Crippen LogP contribution in [0.25, 0.3) is 16.8 Å². The molecule has 4 rings (SSSR count). The quantitative estimate of drug-likeness (QED) is 0.571. The lowest BCUT2D eigenvalue weighted by Crippen LogP contribution is -2.17. The fourth-order valence-electron chi connectivity index (χ4n) is 2.59. The number of aromatic nitrogens is 2. The van der Waals surface area contributed by atoms with Gasteiger partial charge in [0.25, 0.3) is 5.91 Å². The second-order valence-electron chi connectivity index (χ2n) is 5.57. The van der Waals surface area contributed by atoms with E-state index in [4.69, 9.17) is 16.0 Å². The number of benzene rings is 1. The Kier molecular flexibility index (Phi) is 4.10. The smallest absolute Gasteiger partial charge is 0.361 e. The summed E-state index contributed by atoms with van der Waals surface area (Å²) in [6, 6.07) is 12.1. The second-order valence-corrected chi connectivity index (χ2v) is 6.96. The first-order valence-corrected chi connectivity index (χ1v) is 8.93. The van der Waals surface area contributed by atoms with Crippen molar-refractivity contribution in [3.63, 3.8) is 0 Å². The van der Waals surface area contributed by atoms with E-state index >= 15 is 0 Å². The first-order chi connectivity index (χ1) is 12.5. The highest BCUT2D eigenvalue weighted by molar-refractivity contribution is 7.12. The Hall–Kier alpha value is -2.90. The zero-order valence-electron chi connectivity index (χ0n) is 13.5. The van der Waals surface area contributed by atoms with Crippen LogP contribution in [0, 0.1) is 6.92 Å². The van der Waals surface area contributed by atoms with E-state index in [0.29, 0.717) is 32.4 Å². The molecule has 0 radical (unpaired) electrons. The van der Waals surface area contributed by atoms with Crippen LogP contribution < -0.4 is 10.9 Å². The Bertz CT molecular complexity index is 1180. The normalized spacial score (nSPS) is 11.0. The number of hydrogen-bond acceptors (Lipinski definition) is 5. The Balaban J connectivity index is 1.80. The SMILES string of the molecule is Cc1nn(-c2cccc(Cl)c2)c2oc(=O)c(NC(=O)c3cccs3)cc12. The number of aryl methyl sites for hydroxylation is 1. The molecule has 0 bridgehead atoms. The molecule has 4 aromatic rings. The molecule has 1 N–H and O–H groups in total. The molecule has 0 aliphatic carbocycles. The number of thiophene rings is 1. The summed E-state index contributed by atoms with van der Waals surface area (Å²) in [5.74, 6) is -0.355. The predicted octanol–water partition coefficient (Wildman–Crippen LogP) is 4.25. The van der Waals surface area contributed by atoms with Crippen molar-refractivity contribution in [3.8, 4) is 5.69 Å². The third-order valence-electron chi connectivity index (χ3n) is 3.81. The summed E-state index contributed by atoms with van der Waals surface area (Å²) in [6.07, 6.45) is 0. The summed E-state index contributed by atoms with van der Waals surface area (Å²) < 4.78 is 6.96. The van der Waals surface area contributed by atoms with E-state index < -0.39 is 5.63 Å². The number of fused-ring (bicyclic) bond motifs is 1. The van der Waals surface area contributed by atoms with Crippen LogP contribution in [0.3, 0.4) is 0 Å². The van der Waals surface area contributed by atoms with E-state index in [1.54, 1.807) is 48.7 Å². The van der Waals surface area contributed by atoms with Crippen LogP contribution in [-0.4, -0.2) is 15.7 Å². The van der Waals surface area contributed by atoms with E-state index in [1.165, 1.54) is 16.0 Å². The average molecular weight is 386 g/mol. The van der Waals surface area contributed by atoms with Gasteiger partial charge in [-0.3, -0.25) is 4.79 Å². The van der Waals surface area contributed by atoms with E-state index in [9.17, 15) is 9.59 Å². The van der Waals surface area contributed by atoms with Gasteiger partial charge < -0.3 is 9.73 Å². The fourth-order valence-corrected chi connectivity index (χ4v) is 3.39. The number of halogens is 1. The molecule has 8 heteroatoms. The molecule has 1 aromatic carbocycles. The van der Waals surface area contributed by atoms with E-state index in [1.807, 2.05) is 6.07 Å². The van der Waals surface area contributed by atoms with Crippen molar-refractivity contribution >= 4 is 45.6 Å². The molecule has 0 unspecified atom stereocenters. The fraction of sp³-hybridized carbons (Fsp3) is 0.0556. The summed E-state index contributed by atoms with van der Waals surface area (Å²) in [5.41, 5.74) is 1.06. The van der Waals surface area contributed by atoms with Gasteiger partial charge in [0, 0.05) is 5.02 Å². The average Bonchev–Trinajstić information content (AvgIpc) is 3.25. The number of carbonyl (C=O) groups is 1. The molecule has 0 spiro atoms. The van der Waals surface area contributed by atoms with Gasteiger partial charge in [0.1, 0.15) is 5.69 Å². The first kappa shape index (κ1) is 16.6. The lowest BCUT2D eigenvalue weighted by Gasteiger charge is -2.04. The van der Waals surface area contributed by atoms with Gasteiger partial charge >= 0.3 is 5.63 Å². The molecule has 6 nitrogen and oxygen atoms in total. The summed E-state index contributed by atoms with van der Waals surface area (Å²) in [4.78, 5) is 25.1. The van der Waals surface area contributed by atoms with Crippen LogP contribution in [0.15, 0.2) is 57.1 Å². The molecule has 3 heterocycles. The molecule has 0 atom stereocenters. The molecule has 130 valence electrons. The van der Waals surface area contributed by atoms with Gasteiger partial charge in [-0.25, -0.2) is 4.79 Å². The summed E-state index contributed by atoms with van der Waals surface area (Å²) >= 11 is 7.33. The van der Waals surface area contributed by atoms with Gasteiger partial charge in [-0.15, -0.1) is 11.3 Å². The predicted molar refractivity (Wildman–Crippen MR) is 102 cm³/mol. The lowest BCUT2D eigenvalue weighted by atomic mass is 10.2. The number of nitrogens with zero attached hydrogens (tertiary/aromatic N) is 2. The number of hydrogen-bond donors (Lipinski definition) is 1. The zero-order chi connectivity index (χ0) is 18.3. The van der Waals surface area contributed by atoms with Crippen molar-refractivity contribution in [2.75, 3.05) is 5.32 Å². The molecule has 0 fully saturated rings. The van der Waals surface area contributed by atoms with Crippen molar-refractivity contribution < 1.29 is 9.21 Å².